The van der Waals surface area contributed by atoms with E-state index >= 15 is 0 Å². The Morgan fingerprint density at radius 2 is 1.92 bits per heavy atom. The third kappa shape index (κ3) is 5.06. The van der Waals surface area contributed by atoms with Crippen LogP contribution in [0.3, 0.4) is 0 Å². The Balaban J connectivity index is 1.89. The lowest BCUT2D eigenvalue weighted by atomic mass is 10.0. The summed E-state index contributed by atoms with van der Waals surface area (Å²) in [5.41, 5.74) is 0.550. The minimum Gasteiger partial charge on any atom is -0.396 e. The number of carbonyl (C=O) groups excluding carboxylic acids is 1. The number of nitrogens with zero attached hydrogens (tertiary/aromatic N) is 1. The summed E-state index contributed by atoms with van der Waals surface area (Å²) >= 11 is 0. The molecular formula is C17H17F3N2O2. The van der Waals surface area contributed by atoms with Crippen LogP contribution in [0.15, 0.2) is 36.5 Å². The van der Waals surface area contributed by atoms with Crippen molar-refractivity contribution in [1.29, 1.82) is 0 Å². The first kappa shape index (κ1) is 17.9. The van der Waals surface area contributed by atoms with Gasteiger partial charge in [-0.15, -0.1) is 0 Å². The summed E-state index contributed by atoms with van der Waals surface area (Å²) < 4.78 is 39.5. The molecule has 0 radical (unpaired) electrons. The van der Waals surface area contributed by atoms with Gasteiger partial charge in [-0.25, -0.2) is 13.2 Å². The lowest BCUT2D eigenvalue weighted by Gasteiger charge is -2.15. The highest BCUT2D eigenvalue weighted by atomic mass is 19.2. The first-order chi connectivity index (χ1) is 11.5. The number of nitrogens with one attached hydrogen (secondary N) is 1. The second-order valence-corrected chi connectivity index (χ2v) is 5.41. The summed E-state index contributed by atoms with van der Waals surface area (Å²) in [6, 6.07) is 6.48. The molecule has 0 saturated carbocycles. The molecule has 0 spiro atoms. The number of aromatic nitrogens is 1. The van der Waals surface area contributed by atoms with Crippen LogP contribution in [0.4, 0.5) is 13.2 Å². The highest BCUT2D eigenvalue weighted by molar-refractivity contribution is 5.78. The zero-order chi connectivity index (χ0) is 17.5. The lowest BCUT2D eigenvalue weighted by Crippen LogP contribution is -2.33. The highest BCUT2D eigenvalue weighted by Gasteiger charge is 2.15. The number of aliphatic hydroxyl groups excluding tert-OH is 1. The first-order valence-electron chi connectivity index (χ1n) is 7.40. The molecule has 1 amide bonds. The number of aliphatic hydroxyl groups is 1. The maximum atomic E-state index is 13.5. The third-order valence-electron chi connectivity index (χ3n) is 3.51. The van der Waals surface area contributed by atoms with E-state index in [4.69, 9.17) is 0 Å². The molecular weight excluding hydrogens is 321 g/mol. The molecule has 0 aliphatic heterocycles. The van der Waals surface area contributed by atoms with Crippen molar-refractivity contribution in [3.63, 3.8) is 0 Å². The van der Waals surface area contributed by atoms with Crippen molar-refractivity contribution in [3.05, 3.63) is 65.2 Å². The van der Waals surface area contributed by atoms with Crippen LogP contribution in [0, 0.1) is 23.4 Å². The topological polar surface area (TPSA) is 62.2 Å². The Bertz CT molecular complexity index is 696. The van der Waals surface area contributed by atoms with Gasteiger partial charge in [0, 0.05) is 42.6 Å². The number of carbonyl (C=O) groups is 1. The molecule has 2 N–H and O–H groups in total. The Morgan fingerprint density at radius 1 is 1.17 bits per heavy atom. The van der Waals surface area contributed by atoms with Gasteiger partial charge in [-0.1, -0.05) is 6.07 Å². The molecule has 0 bridgehead atoms. The van der Waals surface area contributed by atoms with Gasteiger partial charge in [-0.3, -0.25) is 9.78 Å². The fourth-order valence-electron chi connectivity index (χ4n) is 2.21. The van der Waals surface area contributed by atoms with Crippen molar-refractivity contribution < 1.29 is 23.1 Å². The highest BCUT2D eigenvalue weighted by Crippen LogP contribution is 2.14. The van der Waals surface area contributed by atoms with Crippen LogP contribution >= 0.6 is 0 Å². The largest absolute Gasteiger partial charge is 0.396 e. The van der Waals surface area contributed by atoms with E-state index in [1.807, 2.05) is 6.07 Å². The second kappa shape index (κ2) is 8.44. The van der Waals surface area contributed by atoms with Gasteiger partial charge in [-0.2, -0.15) is 0 Å². The number of hydrogen-bond donors (Lipinski definition) is 2. The van der Waals surface area contributed by atoms with Gasteiger partial charge in [0.25, 0.3) is 0 Å². The van der Waals surface area contributed by atoms with Gasteiger partial charge in [0.15, 0.2) is 11.6 Å². The first-order valence-corrected chi connectivity index (χ1v) is 7.40. The molecule has 1 heterocycles. The van der Waals surface area contributed by atoms with Crippen molar-refractivity contribution in [2.75, 3.05) is 13.2 Å². The third-order valence-corrected chi connectivity index (χ3v) is 3.51. The molecule has 7 heteroatoms. The van der Waals surface area contributed by atoms with E-state index in [9.17, 15) is 23.1 Å². The molecule has 128 valence electrons. The summed E-state index contributed by atoms with van der Waals surface area (Å²) in [7, 11) is 0. The fourth-order valence-corrected chi connectivity index (χ4v) is 2.21. The van der Waals surface area contributed by atoms with E-state index in [2.05, 4.69) is 10.3 Å². The van der Waals surface area contributed by atoms with Crippen LogP contribution in [-0.4, -0.2) is 29.1 Å². The predicted molar refractivity (Wildman–Crippen MR) is 81.5 cm³/mol. The van der Waals surface area contributed by atoms with E-state index in [0.717, 1.165) is 5.69 Å². The van der Waals surface area contributed by atoms with Crippen LogP contribution < -0.4 is 5.32 Å². The lowest BCUT2D eigenvalue weighted by molar-refractivity contribution is -0.120. The molecule has 2 rings (SSSR count). The maximum Gasteiger partial charge on any atom is 0.224 e. The van der Waals surface area contributed by atoms with Crippen LogP contribution in [0.1, 0.15) is 11.3 Å². The van der Waals surface area contributed by atoms with E-state index in [0.29, 0.717) is 18.6 Å². The number of amides is 1. The Morgan fingerprint density at radius 3 is 2.58 bits per heavy atom. The number of benzene rings is 1. The van der Waals surface area contributed by atoms with Crippen molar-refractivity contribution in [2.45, 2.75) is 12.8 Å². The summed E-state index contributed by atoms with van der Waals surface area (Å²) in [4.78, 5) is 16.0. The van der Waals surface area contributed by atoms with Crippen molar-refractivity contribution in [2.24, 2.45) is 5.92 Å². The van der Waals surface area contributed by atoms with Gasteiger partial charge in [0.1, 0.15) is 5.82 Å². The summed E-state index contributed by atoms with van der Waals surface area (Å²) in [6.45, 7) is 0.00753. The van der Waals surface area contributed by atoms with E-state index < -0.39 is 29.8 Å². The van der Waals surface area contributed by atoms with E-state index in [1.54, 1.807) is 18.3 Å². The summed E-state index contributed by atoms with van der Waals surface area (Å²) in [5.74, 6) is -4.27. The summed E-state index contributed by atoms with van der Waals surface area (Å²) in [6.07, 6.45) is 1.69. The Labute approximate surface area is 137 Å². The minimum atomic E-state index is -1.30. The van der Waals surface area contributed by atoms with Crippen molar-refractivity contribution in [3.8, 4) is 0 Å². The zero-order valence-corrected chi connectivity index (χ0v) is 12.8. The summed E-state index contributed by atoms with van der Waals surface area (Å²) in [5, 5.41) is 11.9. The zero-order valence-electron chi connectivity index (χ0n) is 12.8. The smallest absolute Gasteiger partial charge is 0.224 e. The molecule has 0 saturated heterocycles. The van der Waals surface area contributed by atoms with Gasteiger partial charge in [-0.05, 0) is 24.6 Å². The standard InChI is InChI=1S/C17H17F3N2O2/c18-14-8-16(20)15(19)6-12(14)7-17(24)22-9-11(10-23)5-13-3-1-2-4-21-13/h1-4,6,8,11,23H,5,7,9-10H2,(H,22,24). The number of halogens is 3. The average Bonchev–Trinajstić information content (AvgIpc) is 2.57. The van der Waals surface area contributed by atoms with Crippen LogP contribution in [-0.2, 0) is 17.6 Å². The number of hydrogen-bond acceptors (Lipinski definition) is 3. The van der Waals surface area contributed by atoms with Gasteiger partial charge < -0.3 is 10.4 Å². The minimum absolute atomic E-state index is 0.156. The second-order valence-electron chi connectivity index (χ2n) is 5.41. The monoisotopic (exact) mass is 338 g/mol. The van der Waals surface area contributed by atoms with Crippen LogP contribution in [0.2, 0.25) is 0 Å². The molecule has 0 aliphatic rings. The molecule has 1 atom stereocenters. The molecule has 0 fully saturated rings. The number of pyridine rings is 1. The molecule has 0 aliphatic carbocycles. The van der Waals surface area contributed by atoms with Crippen molar-refractivity contribution in [1.82, 2.24) is 10.3 Å². The van der Waals surface area contributed by atoms with Crippen molar-refractivity contribution >= 4 is 5.91 Å². The van der Waals surface area contributed by atoms with Crippen LogP contribution in [0.25, 0.3) is 0 Å². The SMILES string of the molecule is O=C(Cc1cc(F)c(F)cc1F)NCC(CO)Cc1ccccn1. The molecule has 2 aromatic rings. The van der Waals surface area contributed by atoms with E-state index in [1.165, 1.54) is 0 Å². The average molecular weight is 338 g/mol. The van der Waals surface area contributed by atoms with Gasteiger partial charge in [0.2, 0.25) is 5.91 Å². The Hall–Kier alpha value is -2.41. The van der Waals surface area contributed by atoms with Gasteiger partial charge in [0.05, 0.1) is 6.42 Å². The molecule has 1 aromatic heterocycles. The molecule has 1 aromatic carbocycles. The van der Waals surface area contributed by atoms with Gasteiger partial charge >= 0.3 is 0 Å². The van der Waals surface area contributed by atoms with E-state index in [-0.39, 0.29) is 24.6 Å². The predicted octanol–water partition coefficient (Wildman–Crippen LogP) is 2.01. The Kier molecular flexibility index (Phi) is 6.31. The molecule has 1 unspecified atom stereocenters. The quantitative estimate of drug-likeness (QED) is 0.759. The number of rotatable bonds is 7. The maximum absolute atomic E-state index is 13.5. The molecule has 4 nitrogen and oxygen atoms in total. The van der Waals surface area contributed by atoms with Crippen LogP contribution in [0.5, 0.6) is 0 Å². The fraction of sp³-hybridized carbons (Fsp3) is 0.294. The molecule has 24 heavy (non-hydrogen) atoms. The normalized spacial score (nSPS) is 12.0.